The van der Waals surface area contributed by atoms with Crippen molar-refractivity contribution in [2.45, 2.75) is 122 Å². The lowest BCUT2D eigenvalue weighted by atomic mass is 9.82. The fourth-order valence-corrected chi connectivity index (χ4v) is 5.84. The van der Waals surface area contributed by atoms with E-state index >= 15 is 0 Å². The molecule has 0 amide bonds. The standard InChI is InChI=1S/C37H52N2O4/c1-24(40-28-13-11-25-17-33(35(2,3)4)42-31(25)21-28)23-39-37(7,8)16-10-15-36(5,6)34-18-26-12-14-29(22-32(26)43-34)41-30-19-27(20-30)38-9/h11-14,17-18,21-22,24,27,30,38-39H,10,15-16,19-20,23H2,1-9H3/t24?,27-,30-. The predicted octanol–water partition coefficient (Wildman–Crippen LogP) is 8.89. The molecule has 5 rings (SSSR count). The Bertz CT molecular complexity index is 1520. The number of hydrogen-bond acceptors (Lipinski definition) is 6. The molecule has 1 saturated carbocycles. The first-order chi connectivity index (χ1) is 20.2. The molecule has 1 atom stereocenters. The van der Waals surface area contributed by atoms with Crippen molar-refractivity contribution < 1.29 is 18.3 Å². The molecule has 234 valence electrons. The number of nitrogens with one attached hydrogen (secondary N) is 2. The summed E-state index contributed by atoms with van der Waals surface area (Å²) in [7, 11) is 2.01. The van der Waals surface area contributed by atoms with Crippen LogP contribution in [0, 0.1) is 0 Å². The van der Waals surface area contributed by atoms with E-state index in [1.54, 1.807) is 0 Å². The molecule has 0 bridgehead atoms. The zero-order chi connectivity index (χ0) is 31.0. The van der Waals surface area contributed by atoms with E-state index in [1.165, 1.54) is 0 Å². The minimum atomic E-state index is -0.0577. The highest BCUT2D eigenvalue weighted by molar-refractivity contribution is 5.80. The number of rotatable bonds is 13. The zero-order valence-electron chi connectivity index (χ0n) is 27.7. The second kappa shape index (κ2) is 12.2. The van der Waals surface area contributed by atoms with Crippen LogP contribution in [-0.4, -0.2) is 37.4 Å². The second-order valence-corrected chi connectivity index (χ2v) is 15.0. The van der Waals surface area contributed by atoms with Crippen LogP contribution in [0.2, 0.25) is 0 Å². The SMILES string of the molecule is CN[C@H]1C[C@H](Oc2ccc3cc(C(C)(C)CCCC(C)(C)NCC(C)Oc4ccc5cc(C(C)(C)C)oc5c4)oc3c2)C1. The van der Waals surface area contributed by atoms with Gasteiger partial charge in [0.05, 0.1) is 0 Å². The quantitative estimate of drug-likeness (QED) is 0.163. The summed E-state index contributed by atoms with van der Waals surface area (Å²) in [6, 6.07) is 17.3. The summed E-state index contributed by atoms with van der Waals surface area (Å²) in [4.78, 5) is 0. The number of ether oxygens (including phenoxy) is 2. The Labute approximate surface area is 257 Å². The van der Waals surface area contributed by atoms with Crippen LogP contribution in [0.4, 0.5) is 0 Å². The summed E-state index contributed by atoms with van der Waals surface area (Å²) >= 11 is 0. The number of furan rings is 2. The van der Waals surface area contributed by atoms with Gasteiger partial charge in [0.25, 0.3) is 0 Å². The highest BCUT2D eigenvalue weighted by Crippen LogP contribution is 2.36. The van der Waals surface area contributed by atoms with Gasteiger partial charge >= 0.3 is 0 Å². The predicted molar refractivity (Wildman–Crippen MR) is 177 cm³/mol. The number of hydrogen-bond donors (Lipinski definition) is 2. The van der Waals surface area contributed by atoms with Gasteiger partial charge in [-0.05, 0) is 89.9 Å². The van der Waals surface area contributed by atoms with Crippen molar-refractivity contribution in [1.29, 1.82) is 0 Å². The second-order valence-electron chi connectivity index (χ2n) is 15.0. The monoisotopic (exact) mass is 588 g/mol. The number of benzene rings is 2. The van der Waals surface area contributed by atoms with Gasteiger partial charge in [-0.25, -0.2) is 0 Å². The van der Waals surface area contributed by atoms with Gasteiger partial charge in [-0.15, -0.1) is 0 Å². The highest BCUT2D eigenvalue weighted by atomic mass is 16.5. The van der Waals surface area contributed by atoms with Crippen LogP contribution in [0.1, 0.15) is 99.0 Å². The Hall–Kier alpha value is -2.96. The molecule has 2 aromatic carbocycles. The average Bonchev–Trinajstić information content (AvgIpc) is 3.53. The van der Waals surface area contributed by atoms with Gasteiger partial charge in [0.2, 0.25) is 0 Å². The Morgan fingerprint density at radius 1 is 0.814 bits per heavy atom. The first-order valence-corrected chi connectivity index (χ1v) is 16.0. The van der Waals surface area contributed by atoms with E-state index in [9.17, 15) is 0 Å². The van der Waals surface area contributed by atoms with Crippen molar-refractivity contribution >= 4 is 21.9 Å². The Morgan fingerprint density at radius 3 is 2.07 bits per heavy atom. The first-order valence-electron chi connectivity index (χ1n) is 16.0. The first kappa shape index (κ1) is 31.5. The van der Waals surface area contributed by atoms with E-state index in [0.29, 0.717) is 12.1 Å². The maximum Gasteiger partial charge on any atom is 0.137 e. The summed E-state index contributed by atoms with van der Waals surface area (Å²) in [6.07, 6.45) is 5.63. The molecule has 1 unspecified atom stereocenters. The van der Waals surface area contributed by atoms with E-state index < -0.39 is 0 Å². The average molecular weight is 589 g/mol. The van der Waals surface area contributed by atoms with Gasteiger partial charge in [-0.2, -0.15) is 0 Å². The van der Waals surface area contributed by atoms with Crippen molar-refractivity contribution in [2.75, 3.05) is 13.6 Å². The lowest BCUT2D eigenvalue weighted by Gasteiger charge is -2.35. The molecule has 1 aliphatic carbocycles. The van der Waals surface area contributed by atoms with Crippen molar-refractivity contribution in [3.63, 3.8) is 0 Å². The normalized spacial score (nSPS) is 18.6. The zero-order valence-corrected chi connectivity index (χ0v) is 27.7. The molecule has 0 aliphatic heterocycles. The fourth-order valence-electron chi connectivity index (χ4n) is 5.84. The molecule has 1 aliphatic rings. The van der Waals surface area contributed by atoms with Crippen molar-refractivity contribution in [3.8, 4) is 11.5 Å². The molecule has 43 heavy (non-hydrogen) atoms. The van der Waals surface area contributed by atoms with Crippen LogP contribution in [0.5, 0.6) is 11.5 Å². The molecule has 0 spiro atoms. The summed E-state index contributed by atoms with van der Waals surface area (Å²) < 4.78 is 24.9. The number of fused-ring (bicyclic) bond motifs is 2. The van der Waals surface area contributed by atoms with E-state index in [4.69, 9.17) is 18.3 Å². The molecule has 6 heteroatoms. The Balaban J connectivity index is 1.09. The third kappa shape index (κ3) is 7.77. The highest BCUT2D eigenvalue weighted by Gasteiger charge is 2.30. The van der Waals surface area contributed by atoms with Crippen molar-refractivity contribution in [1.82, 2.24) is 10.6 Å². The van der Waals surface area contributed by atoms with Crippen molar-refractivity contribution in [2.24, 2.45) is 0 Å². The third-order valence-corrected chi connectivity index (χ3v) is 9.00. The van der Waals surface area contributed by atoms with Gasteiger partial charge in [-0.3, -0.25) is 0 Å². The van der Waals surface area contributed by atoms with Crippen LogP contribution in [0.3, 0.4) is 0 Å². The summed E-state index contributed by atoms with van der Waals surface area (Å²) in [6.45, 7) is 18.5. The lowest BCUT2D eigenvalue weighted by molar-refractivity contribution is 0.0885. The molecule has 2 aromatic heterocycles. The Kier molecular flexibility index (Phi) is 8.93. The molecule has 0 saturated heterocycles. The molecular formula is C37H52N2O4. The van der Waals surface area contributed by atoms with E-state index in [-0.39, 0.29) is 22.5 Å². The van der Waals surface area contributed by atoms with Gasteiger partial charge < -0.3 is 28.9 Å². The van der Waals surface area contributed by atoms with E-state index in [1.807, 2.05) is 25.2 Å². The minimum absolute atomic E-state index is 0.00573. The summed E-state index contributed by atoms with van der Waals surface area (Å²) in [5.41, 5.74) is 1.70. The van der Waals surface area contributed by atoms with Gasteiger partial charge in [0.1, 0.15) is 46.4 Å². The molecule has 6 nitrogen and oxygen atoms in total. The maximum absolute atomic E-state index is 6.38. The molecule has 1 fully saturated rings. The van der Waals surface area contributed by atoms with Crippen LogP contribution < -0.4 is 20.1 Å². The largest absolute Gasteiger partial charge is 0.490 e. The van der Waals surface area contributed by atoms with Crippen LogP contribution in [0.25, 0.3) is 21.9 Å². The molecule has 2 heterocycles. The van der Waals surface area contributed by atoms with Crippen LogP contribution >= 0.6 is 0 Å². The van der Waals surface area contributed by atoms with Gasteiger partial charge in [0.15, 0.2) is 0 Å². The van der Waals surface area contributed by atoms with E-state index in [0.717, 1.165) is 83.6 Å². The van der Waals surface area contributed by atoms with Crippen LogP contribution in [0.15, 0.2) is 57.4 Å². The summed E-state index contributed by atoms with van der Waals surface area (Å²) in [5, 5.41) is 9.29. The lowest BCUT2D eigenvalue weighted by Crippen LogP contribution is -2.45. The van der Waals surface area contributed by atoms with E-state index in [2.05, 4.69) is 96.4 Å². The fraction of sp³-hybridized carbons (Fsp3) is 0.568. The van der Waals surface area contributed by atoms with Crippen molar-refractivity contribution in [3.05, 3.63) is 60.1 Å². The molecule has 0 radical (unpaired) electrons. The Morgan fingerprint density at radius 2 is 1.42 bits per heavy atom. The molecule has 2 N–H and O–H groups in total. The third-order valence-electron chi connectivity index (χ3n) is 9.00. The maximum atomic E-state index is 6.38. The smallest absolute Gasteiger partial charge is 0.137 e. The molecular weight excluding hydrogens is 536 g/mol. The molecule has 4 aromatic rings. The van der Waals surface area contributed by atoms with Gasteiger partial charge in [-0.1, -0.05) is 41.0 Å². The van der Waals surface area contributed by atoms with Crippen LogP contribution in [-0.2, 0) is 10.8 Å². The minimum Gasteiger partial charge on any atom is -0.490 e. The summed E-state index contributed by atoms with van der Waals surface area (Å²) in [5.74, 6) is 3.76. The van der Waals surface area contributed by atoms with Gasteiger partial charge in [0, 0.05) is 51.9 Å². The topological polar surface area (TPSA) is 68.8 Å².